The number of benzene rings is 1. The lowest BCUT2D eigenvalue weighted by atomic mass is 9.83. The molecule has 0 spiro atoms. The van der Waals surface area contributed by atoms with E-state index in [0.29, 0.717) is 48.3 Å². The smallest absolute Gasteiger partial charge is 0.318 e. The third-order valence-electron chi connectivity index (χ3n) is 6.82. The average Bonchev–Trinajstić information content (AvgIpc) is 2.84. The highest BCUT2D eigenvalue weighted by Gasteiger charge is 2.37. The van der Waals surface area contributed by atoms with Crippen LogP contribution in [0.15, 0.2) is 35.1 Å². The summed E-state index contributed by atoms with van der Waals surface area (Å²) in [4.78, 5) is 40.7. The quantitative estimate of drug-likeness (QED) is 0.584. The van der Waals surface area contributed by atoms with E-state index >= 15 is 0 Å². The Morgan fingerprint density at radius 3 is 2.56 bits per heavy atom. The van der Waals surface area contributed by atoms with Crippen molar-refractivity contribution in [3.05, 3.63) is 51.4 Å². The largest absolute Gasteiger partial charge is 0.495 e. The van der Waals surface area contributed by atoms with E-state index in [0.717, 1.165) is 12.1 Å². The van der Waals surface area contributed by atoms with Gasteiger partial charge in [-0.25, -0.2) is 4.79 Å². The van der Waals surface area contributed by atoms with Crippen LogP contribution in [0.3, 0.4) is 0 Å². The Balaban J connectivity index is 1.48. The number of hydrogen-bond acceptors (Lipinski definition) is 5. The van der Waals surface area contributed by atoms with Crippen LogP contribution in [0.25, 0.3) is 0 Å². The van der Waals surface area contributed by atoms with Gasteiger partial charge in [-0.05, 0) is 36.8 Å². The van der Waals surface area contributed by atoms with Gasteiger partial charge in [-0.15, -0.1) is 0 Å². The fourth-order valence-corrected chi connectivity index (χ4v) is 5.42. The van der Waals surface area contributed by atoms with Gasteiger partial charge in [-0.2, -0.15) is 0 Å². The summed E-state index contributed by atoms with van der Waals surface area (Å²) in [5.74, 6) is 0.938. The normalized spacial score (nSPS) is 19.3. The first-order chi connectivity index (χ1) is 17.2. The first kappa shape index (κ1) is 25.9. The minimum Gasteiger partial charge on any atom is -0.495 e. The maximum absolute atomic E-state index is 13.3. The highest BCUT2D eigenvalue weighted by atomic mass is 35.5. The molecule has 1 saturated heterocycles. The van der Waals surface area contributed by atoms with Gasteiger partial charge in [0.05, 0.1) is 24.9 Å². The maximum atomic E-state index is 13.3. The number of likely N-dealkylation sites (tertiary alicyclic amines) is 1. The van der Waals surface area contributed by atoms with E-state index in [9.17, 15) is 14.4 Å². The van der Waals surface area contributed by atoms with E-state index in [4.69, 9.17) is 21.1 Å². The SMILES string of the molecule is COc1cc(OC)c(NC(=O)[C@H](CC(C)C)NC(=O)N2C[C@H]3C[C@@H](C2)c2cccc(=O)n2C3)cc1Cl. The van der Waals surface area contributed by atoms with Crippen LogP contribution < -0.4 is 25.7 Å². The van der Waals surface area contributed by atoms with Crippen LogP contribution in [0.4, 0.5) is 10.5 Å². The summed E-state index contributed by atoms with van der Waals surface area (Å²) < 4.78 is 12.4. The van der Waals surface area contributed by atoms with Crippen molar-refractivity contribution in [1.82, 2.24) is 14.8 Å². The van der Waals surface area contributed by atoms with Crippen molar-refractivity contribution in [1.29, 1.82) is 0 Å². The Morgan fingerprint density at radius 2 is 1.86 bits per heavy atom. The molecule has 10 heteroatoms. The van der Waals surface area contributed by atoms with E-state index in [2.05, 4.69) is 10.6 Å². The van der Waals surface area contributed by atoms with E-state index in [1.807, 2.05) is 24.5 Å². The van der Waals surface area contributed by atoms with Gasteiger partial charge in [0.1, 0.15) is 17.5 Å². The number of fused-ring (bicyclic) bond motifs is 4. The Hall–Kier alpha value is -3.20. The molecule has 1 aromatic carbocycles. The maximum Gasteiger partial charge on any atom is 0.318 e. The number of ether oxygens (including phenoxy) is 2. The number of rotatable bonds is 7. The Bertz CT molecular complexity index is 1200. The molecule has 36 heavy (non-hydrogen) atoms. The molecule has 0 unspecified atom stereocenters. The molecule has 2 aliphatic heterocycles. The number of anilines is 1. The van der Waals surface area contributed by atoms with Gasteiger partial charge in [-0.1, -0.05) is 31.5 Å². The summed E-state index contributed by atoms with van der Waals surface area (Å²) in [7, 11) is 2.99. The van der Waals surface area contributed by atoms with Crippen molar-refractivity contribution in [3.8, 4) is 11.5 Å². The number of amides is 3. The lowest BCUT2D eigenvalue weighted by Crippen LogP contribution is -2.55. The van der Waals surface area contributed by atoms with Gasteiger partial charge in [0.2, 0.25) is 5.91 Å². The molecule has 3 amide bonds. The molecule has 3 heterocycles. The lowest BCUT2D eigenvalue weighted by Gasteiger charge is -2.43. The molecule has 3 atom stereocenters. The topological polar surface area (TPSA) is 102 Å². The first-order valence-corrected chi connectivity index (χ1v) is 12.6. The second kappa shape index (κ2) is 10.8. The molecule has 4 rings (SSSR count). The number of carbonyl (C=O) groups excluding carboxylic acids is 2. The van der Waals surface area contributed by atoms with Gasteiger partial charge < -0.3 is 29.6 Å². The fraction of sp³-hybridized carbons (Fsp3) is 0.500. The van der Waals surface area contributed by atoms with Crippen LogP contribution in [0, 0.1) is 11.8 Å². The number of aromatic nitrogens is 1. The first-order valence-electron chi connectivity index (χ1n) is 12.2. The van der Waals surface area contributed by atoms with E-state index in [1.54, 1.807) is 29.2 Å². The Morgan fingerprint density at radius 1 is 1.11 bits per heavy atom. The van der Waals surface area contributed by atoms with Crippen molar-refractivity contribution in [2.75, 3.05) is 32.6 Å². The molecule has 0 radical (unpaired) electrons. The van der Waals surface area contributed by atoms with Crippen molar-refractivity contribution in [2.45, 2.75) is 45.2 Å². The molecule has 1 fully saturated rings. The Labute approximate surface area is 215 Å². The number of nitrogens with one attached hydrogen (secondary N) is 2. The highest BCUT2D eigenvalue weighted by Crippen LogP contribution is 2.37. The molecule has 2 N–H and O–H groups in total. The molecular formula is C26H33ClN4O5. The van der Waals surface area contributed by atoms with Crippen molar-refractivity contribution >= 4 is 29.2 Å². The average molecular weight is 517 g/mol. The summed E-state index contributed by atoms with van der Waals surface area (Å²) in [6.45, 7) is 5.64. The predicted molar refractivity (Wildman–Crippen MR) is 138 cm³/mol. The zero-order valence-electron chi connectivity index (χ0n) is 21.0. The highest BCUT2D eigenvalue weighted by molar-refractivity contribution is 6.32. The molecule has 0 saturated carbocycles. The number of piperidine rings is 1. The molecule has 9 nitrogen and oxygen atoms in total. The van der Waals surface area contributed by atoms with Crippen molar-refractivity contribution < 1.29 is 19.1 Å². The monoisotopic (exact) mass is 516 g/mol. The number of hydrogen-bond donors (Lipinski definition) is 2. The molecule has 2 aromatic rings. The third kappa shape index (κ3) is 5.46. The molecule has 2 aliphatic rings. The van der Waals surface area contributed by atoms with Crippen LogP contribution in [-0.2, 0) is 11.3 Å². The predicted octanol–water partition coefficient (Wildman–Crippen LogP) is 3.70. The van der Waals surface area contributed by atoms with E-state index in [-0.39, 0.29) is 35.3 Å². The number of urea groups is 1. The summed E-state index contributed by atoms with van der Waals surface area (Å²) in [5, 5.41) is 6.13. The molecule has 194 valence electrons. The second-order valence-electron chi connectivity index (χ2n) is 9.91. The number of halogens is 1. The standard InChI is InChI=1S/C26H33ClN4O5/c1-15(2)8-20(25(33)28-19-10-18(27)22(35-3)11-23(19)36-4)29-26(34)30-12-16-9-17(14-30)21-6-5-7-24(32)31(21)13-16/h5-7,10-11,15-17,20H,8-9,12-14H2,1-4H3,(H,28,33)(H,29,34)/t16-,17+,20+/m1/s1. The number of carbonyl (C=O) groups is 2. The van der Waals surface area contributed by atoms with E-state index < -0.39 is 6.04 Å². The van der Waals surface area contributed by atoms with Gasteiger partial charge in [0.15, 0.2) is 0 Å². The second-order valence-corrected chi connectivity index (χ2v) is 10.3. The third-order valence-corrected chi connectivity index (χ3v) is 7.12. The van der Waals surface area contributed by atoms with Gasteiger partial charge in [0.25, 0.3) is 5.56 Å². The summed E-state index contributed by atoms with van der Waals surface area (Å²) >= 11 is 6.25. The van der Waals surface area contributed by atoms with Crippen molar-refractivity contribution in [3.63, 3.8) is 0 Å². The van der Waals surface area contributed by atoms with Crippen LogP contribution in [0.2, 0.25) is 5.02 Å². The van der Waals surface area contributed by atoms with Crippen LogP contribution in [0.1, 0.15) is 38.3 Å². The number of pyridine rings is 1. The van der Waals surface area contributed by atoms with Gasteiger partial charge in [0, 0.05) is 43.4 Å². The number of methoxy groups -OCH3 is 2. The molecule has 0 aliphatic carbocycles. The minimum atomic E-state index is -0.750. The van der Waals surface area contributed by atoms with Gasteiger partial charge in [-0.3, -0.25) is 9.59 Å². The van der Waals surface area contributed by atoms with Gasteiger partial charge >= 0.3 is 6.03 Å². The lowest BCUT2D eigenvalue weighted by molar-refractivity contribution is -0.118. The summed E-state index contributed by atoms with van der Waals surface area (Å²) in [5.41, 5.74) is 1.37. The zero-order valence-corrected chi connectivity index (χ0v) is 21.8. The summed E-state index contributed by atoms with van der Waals surface area (Å²) in [6.07, 6.45) is 1.41. The van der Waals surface area contributed by atoms with Crippen molar-refractivity contribution in [2.24, 2.45) is 11.8 Å². The molecule has 2 bridgehead atoms. The summed E-state index contributed by atoms with van der Waals surface area (Å²) in [6, 6.07) is 7.45. The zero-order chi connectivity index (χ0) is 26.0. The minimum absolute atomic E-state index is 0.00262. The number of nitrogens with zero attached hydrogens (tertiary/aromatic N) is 2. The molecular weight excluding hydrogens is 484 g/mol. The van der Waals surface area contributed by atoms with Crippen LogP contribution in [-0.4, -0.2) is 54.8 Å². The van der Waals surface area contributed by atoms with Crippen LogP contribution in [0.5, 0.6) is 11.5 Å². The molecule has 1 aromatic heterocycles. The fourth-order valence-electron chi connectivity index (χ4n) is 5.18. The van der Waals surface area contributed by atoms with E-state index in [1.165, 1.54) is 14.2 Å². The van der Waals surface area contributed by atoms with Crippen LogP contribution >= 0.6 is 11.6 Å². The Kier molecular flexibility index (Phi) is 7.78.